The number of hydrogen-bond acceptors (Lipinski definition) is 2. The van der Waals surface area contributed by atoms with Crippen molar-refractivity contribution in [2.24, 2.45) is 0 Å². The van der Waals surface area contributed by atoms with E-state index >= 15 is 0 Å². The zero-order valence-corrected chi connectivity index (χ0v) is 5.03. The van der Waals surface area contributed by atoms with Gasteiger partial charge < -0.3 is 10.2 Å². The highest BCUT2D eigenvalue weighted by atomic mass is 16.4. The summed E-state index contributed by atoms with van der Waals surface area (Å²) < 4.78 is 0. The Morgan fingerprint density at radius 1 is 1.33 bits per heavy atom. The Morgan fingerprint density at radius 2 is 1.89 bits per heavy atom. The molecule has 0 aromatic rings. The molecule has 0 amide bonds. The van der Waals surface area contributed by atoms with Crippen LogP contribution >= 0.6 is 0 Å². The number of carboxylic acids is 1. The molecule has 0 rings (SSSR count). The van der Waals surface area contributed by atoms with Gasteiger partial charge in [0, 0.05) is 6.08 Å². The number of rotatable bonds is 2. The maximum atomic E-state index is 9.79. The highest BCUT2D eigenvalue weighted by Gasteiger charge is 1.85. The molecular weight excluding hydrogens is 120 g/mol. The minimum absolute atomic E-state index is 0.0441. The van der Waals surface area contributed by atoms with Crippen LogP contribution in [0.25, 0.3) is 0 Å². The van der Waals surface area contributed by atoms with Crippen LogP contribution < -0.4 is 0 Å². The molecule has 0 fully saturated rings. The largest absolute Gasteiger partial charge is 0.508 e. The number of hydrogen-bond donors (Lipinski definition) is 2. The van der Waals surface area contributed by atoms with E-state index in [0.717, 1.165) is 12.2 Å². The van der Waals surface area contributed by atoms with E-state index in [1.54, 1.807) is 6.92 Å². The number of aliphatic hydroxyl groups excluding tert-OH is 1. The average molecular weight is 128 g/mol. The highest BCUT2D eigenvalue weighted by Crippen LogP contribution is 1.88. The summed E-state index contributed by atoms with van der Waals surface area (Å²) >= 11 is 0. The fourth-order valence-corrected chi connectivity index (χ4v) is 0.253. The second-order valence-electron chi connectivity index (χ2n) is 1.39. The quantitative estimate of drug-likeness (QED) is 0.332. The van der Waals surface area contributed by atoms with Crippen molar-refractivity contribution in [2.75, 3.05) is 0 Å². The zero-order chi connectivity index (χ0) is 7.28. The molecule has 0 spiro atoms. The fraction of sp³-hybridized carbons (Fsp3) is 0.167. The second-order valence-corrected chi connectivity index (χ2v) is 1.39. The average Bonchev–Trinajstić information content (AvgIpc) is 1.83. The molecule has 0 aliphatic carbocycles. The van der Waals surface area contributed by atoms with E-state index in [2.05, 4.69) is 0 Å². The molecular formula is C6H8O3. The number of carbonyl (C=O) groups is 1. The summed E-state index contributed by atoms with van der Waals surface area (Å²) in [6, 6.07) is 0. The standard InChI is InChI=1S/C6H8O3/c1-2-5(7)3-4-6(8)9/h2-4,7H,1H3,(H,8,9)/b4-3+,5-2?. The van der Waals surface area contributed by atoms with Crippen LogP contribution in [0.1, 0.15) is 6.92 Å². The molecule has 0 saturated carbocycles. The predicted molar refractivity (Wildman–Crippen MR) is 33.2 cm³/mol. The van der Waals surface area contributed by atoms with Crippen LogP contribution in [-0.2, 0) is 4.79 Å². The Morgan fingerprint density at radius 3 is 2.22 bits per heavy atom. The molecule has 0 aliphatic heterocycles. The number of aliphatic hydroxyl groups is 1. The van der Waals surface area contributed by atoms with Gasteiger partial charge in [0.2, 0.25) is 0 Å². The number of carboxylic acid groups (broad SMARTS) is 1. The molecule has 0 atom stereocenters. The summed E-state index contributed by atoms with van der Waals surface area (Å²) in [6.45, 7) is 1.61. The third-order valence-electron chi connectivity index (χ3n) is 0.692. The van der Waals surface area contributed by atoms with E-state index in [9.17, 15) is 4.79 Å². The topological polar surface area (TPSA) is 57.5 Å². The molecule has 0 radical (unpaired) electrons. The van der Waals surface area contributed by atoms with Crippen LogP contribution in [0, 0.1) is 0 Å². The SMILES string of the molecule is CC=C(O)/C=C/C(=O)O. The highest BCUT2D eigenvalue weighted by molar-refractivity contribution is 5.80. The van der Waals surface area contributed by atoms with Crippen molar-refractivity contribution in [1.82, 2.24) is 0 Å². The minimum atomic E-state index is -1.07. The van der Waals surface area contributed by atoms with E-state index < -0.39 is 5.97 Å². The van der Waals surface area contributed by atoms with E-state index in [0.29, 0.717) is 0 Å². The van der Waals surface area contributed by atoms with Crippen molar-refractivity contribution >= 4 is 5.97 Å². The van der Waals surface area contributed by atoms with E-state index in [4.69, 9.17) is 10.2 Å². The van der Waals surface area contributed by atoms with Gasteiger partial charge in [0.15, 0.2) is 0 Å². The first-order valence-corrected chi connectivity index (χ1v) is 2.43. The van der Waals surface area contributed by atoms with Crippen molar-refractivity contribution in [3.63, 3.8) is 0 Å². The maximum Gasteiger partial charge on any atom is 0.328 e. The molecule has 0 aromatic carbocycles. The summed E-state index contributed by atoms with van der Waals surface area (Å²) in [5.41, 5.74) is 0. The Labute approximate surface area is 52.9 Å². The molecule has 3 nitrogen and oxygen atoms in total. The van der Waals surface area contributed by atoms with E-state index in [1.165, 1.54) is 6.08 Å². The maximum absolute atomic E-state index is 9.79. The summed E-state index contributed by atoms with van der Waals surface area (Å²) in [5.74, 6) is -1.11. The predicted octanol–water partition coefficient (Wildman–Crippen LogP) is 1.09. The summed E-state index contributed by atoms with van der Waals surface area (Å²) in [5, 5.41) is 16.7. The van der Waals surface area contributed by atoms with Gasteiger partial charge in [0.05, 0.1) is 0 Å². The van der Waals surface area contributed by atoms with Crippen molar-refractivity contribution in [2.45, 2.75) is 6.92 Å². The second kappa shape index (κ2) is 3.72. The summed E-state index contributed by atoms with van der Waals surface area (Å²) in [4.78, 5) is 9.79. The monoisotopic (exact) mass is 128 g/mol. The molecule has 9 heavy (non-hydrogen) atoms. The third-order valence-corrected chi connectivity index (χ3v) is 0.692. The minimum Gasteiger partial charge on any atom is -0.508 e. The Bertz CT molecular complexity index is 156. The molecule has 3 heteroatoms. The van der Waals surface area contributed by atoms with Gasteiger partial charge in [-0.3, -0.25) is 0 Å². The number of allylic oxidation sites excluding steroid dienone is 2. The lowest BCUT2D eigenvalue weighted by atomic mass is 10.4. The van der Waals surface area contributed by atoms with Gasteiger partial charge in [0.1, 0.15) is 5.76 Å². The zero-order valence-electron chi connectivity index (χ0n) is 5.03. The van der Waals surface area contributed by atoms with E-state index in [1.807, 2.05) is 0 Å². The molecule has 0 aliphatic rings. The van der Waals surface area contributed by atoms with Crippen molar-refractivity contribution in [1.29, 1.82) is 0 Å². The van der Waals surface area contributed by atoms with Crippen LogP contribution in [0.2, 0.25) is 0 Å². The van der Waals surface area contributed by atoms with Crippen LogP contribution in [0.15, 0.2) is 24.0 Å². The van der Waals surface area contributed by atoms with Crippen LogP contribution in [0.4, 0.5) is 0 Å². The lowest BCUT2D eigenvalue weighted by Crippen LogP contribution is -1.86. The molecule has 0 saturated heterocycles. The van der Waals surface area contributed by atoms with Crippen LogP contribution in [0.5, 0.6) is 0 Å². The smallest absolute Gasteiger partial charge is 0.328 e. The van der Waals surface area contributed by atoms with Crippen LogP contribution in [0.3, 0.4) is 0 Å². The van der Waals surface area contributed by atoms with Gasteiger partial charge in [-0.2, -0.15) is 0 Å². The van der Waals surface area contributed by atoms with Crippen LogP contribution in [-0.4, -0.2) is 16.2 Å². The van der Waals surface area contributed by atoms with Gasteiger partial charge in [0.25, 0.3) is 0 Å². The fourth-order valence-electron chi connectivity index (χ4n) is 0.253. The summed E-state index contributed by atoms with van der Waals surface area (Å²) in [7, 11) is 0. The Hall–Kier alpha value is -1.25. The first-order valence-electron chi connectivity index (χ1n) is 2.43. The number of aliphatic carboxylic acids is 1. The van der Waals surface area contributed by atoms with E-state index in [-0.39, 0.29) is 5.76 Å². The van der Waals surface area contributed by atoms with Crippen molar-refractivity contribution in [3.8, 4) is 0 Å². The Kier molecular flexibility index (Phi) is 3.20. The van der Waals surface area contributed by atoms with Gasteiger partial charge >= 0.3 is 5.97 Å². The molecule has 50 valence electrons. The van der Waals surface area contributed by atoms with Gasteiger partial charge in [-0.05, 0) is 19.1 Å². The molecule has 0 unspecified atom stereocenters. The Balaban J connectivity index is 3.86. The summed E-state index contributed by atoms with van der Waals surface area (Å²) in [6.07, 6.45) is 3.39. The van der Waals surface area contributed by atoms with Crippen molar-refractivity contribution < 1.29 is 15.0 Å². The molecule has 0 heterocycles. The lowest BCUT2D eigenvalue weighted by molar-refractivity contribution is -0.131. The molecule has 2 N–H and O–H groups in total. The molecule has 0 aromatic heterocycles. The van der Waals surface area contributed by atoms with Gasteiger partial charge in [-0.15, -0.1) is 0 Å². The third kappa shape index (κ3) is 4.61. The van der Waals surface area contributed by atoms with Gasteiger partial charge in [-0.1, -0.05) is 0 Å². The normalized spacial score (nSPS) is 12.3. The first kappa shape index (κ1) is 7.75. The lowest BCUT2D eigenvalue weighted by Gasteiger charge is -1.83. The van der Waals surface area contributed by atoms with Crippen molar-refractivity contribution in [3.05, 3.63) is 24.0 Å². The first-order chi connectivity index (χ1) is 4.16. The van der Waals surface area contributed by atoms with Gasteiger partial charge in [-0.25, -0.2) is 4.79 Å². The molecule has 0 bridgehead atoms.